The van der Waals surface area contributed by atoms with Gasteiger partial charge in [-0.25, -0.2) is 0 Å². The molecule has 0 spiro atoms. The molecule has 3 heteroatoms. The summed E-state index contributed by atoms with van der Waals surface area (Å²) in [7, 11) is 0. The maximum atomic E-state index is 12.4. The Morgan fingerprint density at radius 2 is 1.70 bits per heavy atom. The van der Waals surface area contributed by atoms with Crippen molar-refractivity contribution in [1.82, 2.24) is 0 Å². The van der Waals surface area contributed by atoms with Crippen molar-refractivity contribution in [2.24, 2.45) is 5.92 Å². The number of benzene rings is 2. The average molecular weight is 307 g/mol. The third-order valence-electron chi connectivity index (χ3n) is 3.04. The lowest BCUT2D eigenvalue weighted by atomic mass is 9.98. The van der Waals surface area contributed by atoms with E-state index in [1.807, 2.05) is 24.3 Å². The van der Waals surface area contributed by atoms with Crippen LogP contribution in [0.3, 0.4) is 0 Å². The molecular weight excluding hydrogens is 291 g/mol. The summed E-state index contributed by atoms with van der Waals surface area (Å²) >= 11 is 11.9. The largest absolute Gasteiger partial charge is 0.289 e. The first-order chi connectivity index (χ1) is 9.47. The first-order valence-electron chi connectivity index (χ1n) is 6.56. The molecule has 0 bridgehead atoms. The molecule has 0 amide bonds. The van der Waals surface area contributed by atoms with Gasteiger partial charge in [0.2, 0.25) is 0 Å². The first kappa shape index (κ1) is 15.1. The number of carbonyl (C=O) groups is 1. The maximum Gasteiger partial charge on any atom is 0.194 e. The van der Waals surface area contributed by atoms with Gasteiger partial charge in [-0.1, -0.05) is 61.3 Å². The first-order valence-corrected chi connectivity index (χ1v) is 7.31. The van der Waals surface area contributed by atoms with E-state index in [0.29, 0.717) is 27.1 Å². The molecular formula is C17H16Cl2O. The molecule has 0 atom stereocenters. The molecule has 0 aliphatic rings. The summed E-state index contributed by atoms with van der Waals surface area (Å²) in [4.78, 5) is 12.4. The molecule has 1 nitrogen and oxygen atoms in total. The van der Waals surface area contributed by atoms with Gasteiger partial charge in [0, 0.05) is 16.1 Å². The second-order valence-electron chi connectivity index (χ2n) is 5.25. The van der Waals surface area contributed by atoms with Crippen LogP contribution in [0.25, 0.3) is 0 Å². The lowest BCUT2D eigenvalue weighted by molar-refractivity contribution is 0.103. The molecule has 0 radical (unpaired) electrons. The number of hydrogen-bond donors (Lipinski definition) is 0. The second kappa shape index (κ2) is 6.43. The molecule has 0 aromatic heterocycles. The zero-order valence-corrected chi connectivity index (χ0v) is 13.0. The highest BCUT2D eigenvalue weighted by atomic mass is 35.5. The predicted octanol–water partition coefficient (Wildman–Crippen LogP) is 5.42. The Balaban J connectivity index is 2.25. The van der Waals surface area contributed by atoms with Crippen LogP contribution >= 0.6 is 23.2 Å². The Morgan fingerprint density at radius 3 is 2.25 bits per heavy atom. The zero-order chi connectivity index (χ0) is 14.7. The van der Waals surface area contributed by atoms with Crippen LogP contribution in [-0.2, 0) is 6.42 Å². The maximum absolute atomic E-state index is 12.4. The van der Waals surface area contributed by atoms with Crippen molar-refractivity contribution >= 4 is 29.0 Å². The summed E-state index contributed by atoms with van der Waals surface area (Å²) in [6.45, 7) is 4.35. The Kier molecular flexibility index (Phi) is 4.85. The van der Waals surface area contributed by atoms with E-state index in [2.05, 4.69) is 13.8 Å². The van der Waals surface area contributed by atoms with Crippen LogP contribution in [0.1, 0.15) is 35.3 Å². The van der Waals surface area contributed by atoms with E-state index in [-0.39, 0.29) is 5.78 Å². The zero-order valence-electron chi connectivity index (χ0n) is 11.5. The van der Waals surface area contributed by atoms with Gasteiger partial charge in [0.05, 0.1) is 5.02 Å². The van der Waals surface area contributed by atoms with Crippen LogP contribution in [0, 0.1) is 5.92 Å². The summed E-state index contributed by atoms with van der Waals surface area (Å²) in [6.07, 6.45) is 1.01. The Bertz CT molecular complexity index is 615. The number of ketones is 1. The standard InChI is InChI=1S/C17H16Cl2O/c1-11(2)9-12-3-5-13(6-4-12)17(20)15-8-7-14(18)10-16(15)19/h3-8,10-11H,9H2,1-2H3. The Hall–Kier alpha value is -1.31. The summed E-state index contributed by atoms with van der Waals surface area (Å²) in [5, 5.41) is 0.910. The summed E-state index contributed by atoms with van der Waals surface area (Å²) in [5.41, 5.74) is 2.35. The van der Waals surface area contributed by atoms with Gasteiger partial charge in [0.1, 0.15) is 0 Å². The van der Waals surface area contributed by atoms with E-state index in [1.165, 1.54) is 5.56 Å². The minimum absolute atomic E-state index is 0.0808. The van der Waals surface area contributed by atoms with Crippen molar-refractivity contribution in [2.45, 2.75) is 20.3 Å². The van der Waals surface area contributed by atoms with Crippen molar-refractivity contribution in [3.63, 3.8) is 0 Å². The molecule has 0 saturated carbocycles. The fourth-order valence-corrected chi connectivity index (χ4v) is 2.59. The topological polar surface area (TPSA) is 17.1 Å². The summed E-state index contributed by atoms with van der Waals surface area (Å²) in [5.74, 6) is 0.519. The van der Waals surface area contributed by atoms with E-state index < -0.39 is 0 Å². The molecule has 0 aliphatic heterocycles. The molecule has 0 saturated heterocycles. The van der Waals surface area contributed by atoms with Gasteiger partial charge in [-0.2, -0.15) is 0 Å². The van der Waals surface area contributed by atoms with E-state index in [0.717, 1.165) is 6.42 Å². The van der Waals surface area contributed by atoms with Gasteiger partial charge in [-0.3, -0.25) is 4.79 Å². The summed E-state index contributed by atoms with van der Waals surface area (Å²) in [6, 6.07) is 12.6. The van der Waals surface area contributed by atoms with Crippen molar-refractivity contribution in [2.75, 3.05) is 0 Å². The lowest BCUT2D eigenvalue weighted by Gasteiger charge is -2.07. The molecule has 0 aliphatic carbocycles. The fourth-order valence-electron chi connectivity index (χ4n) is 2.09. The van der Waals surface area contributed by atoms with E-state index >= 15 is 0 Å². The normalized spacial score (nSPS) is 10.8. The van der Waals surface area contributed by atoms with Crippen LogP contribution in [0.15, 0.2) is 42.5 Å². The highest BCUT2D eigenvalue weighted by Gasteiger charge is 2.13. The van der Waals surface area contributed by atoms with Gasteiger partial charge in [0.25, 0.3) is 0 Å². The van der Waals surface area contributed by atoms with Gasteiger partial charge >= 0.3 is 0 Å². The van der Waals surface area contributed by atoms with Crippen LogP contribution in [0.4, 0.5) is 0 Å². The molecule has 0 N–H and O–H groups in total. The number of halogens is 2. The van der Waals surface area contributed by atoms with Crippen molar-refractivity contribution in [3.05, 3.63) is 69.2 Å². The molecule has 104 valence electrons. The number of rotatable bonds is 4. The Labute approximate surface area is 129 Å². The number of hydrogen-bond acceptors (Lipinski definition) is 1. The molecule has 2 rings (SSSR count). The summed E-state index contributed by atoms with van der Waals surface area (Å²) < 4.78 is 0. The van der Waals surface area contributed by atoms with Gasteiger partial charge in [-0.15, -0.1) is 0 Å². The molecule has 2 aromatic carbocycles. The monoisotopic (exact) mass is 306 g/mol. The van der Waals surface area contributed by atoms with Crippen LogP contribution in [0.2, 0.25) is 10.0 Å². The van der Waals surface area contributed by atoms with Crippen molar-refractivity contribution in [3.8, 4) is 0 Å². The minimum atomic E-state index is -0.0808. The molecule has 0 heterocycles. The van der Waals surface area contributed by atoms with E-state index in [4.69, 9.17) is 23.2 Å². The van der Waals surface area contributed by atoms with Gasteiger partial charge in [0.15, 0.2) is 5.78 Å². The fraction of sp³-hybridized carbons (Fsp3) is 0.235. The molecule has 0 fully saturated rings. The quantitative estimate of drug-likeness (QED) is 0.689. The predicted molar refractivity (Wildman–Crippen MR) is 84.9 cm³/mol. The highest BCUT2D eigenvalue weighted by molar-refractivity contribution is 6.37. The van der Waals surface area contributed by atoms with Crippen LogP contribution < -0.4 is 0 Å². The highest BCUT2D eigenvalue weighted by Crippen LogP contribution is 2.23. The third kappa shape index (κ3) is 3.62. The average Bonchev–Trinajstić information content (AvgIpc) is 2.38. The molecule has 2 aromatic rings. The smallest absolute Gasteiger partial charge is 0.194 e. The number of carbonyl (C=O) groups excluding carboxylic acids is 1. The molecule has 0 unspecified atom stereocenters. The second-order valence-corrected chi connectivity index (χ2v) is 6.09. The Morgan fingerprint density at radius 1 is 1.05 bits per heavy atom. The van der Waals surface area contributed by atoms with E-state index in [9.17, 15) is 4.79 Å². The van der Waals surface area contributed by atoms with Crippen molar-refractivity contribution in [1.29, 1.82) is 0 Å². The van der Waals surface area contributed by atoms with Crippen LogP contribution in [-0.4, -0.2) is 5.78 Å². The third-order valence-corrected chi connectivity index (χ3v) is 3.58. The lowest BCUT2D eigenvalue weighted by Crippen LogP contribution is -2.03. The van der Waals surface area contributed by atoms with E-state index in [1.54, 1.807) is 18.2 Å². The van der Waals surface area contributed by atoms with Gasteiger partial charge < -0.3 is 0 Å². The SMILES string of the molecule is CC(C)Cc1ccc(C(=O)c2ccc(Cl)cc2Cl)cc1. The minimum Gasteiger partial charge on any atom is -0.289 e. The van der Waals surface area contributed by atoms with Crippen LogP contribution in [0.5, 0.6) is 0 Å². The van der Waals surface area contributed by atoms with Crippen molar-refractivity contribution < 1.29 is 4.79 Å². The molecule has 20 heavy (non-hydrogen) atoms. The van der Waals surface area contributed by atoms with Gasteiger partial charge in [-0.05, 0) is 36.1 Å².